The summed E-state index contributed by atoms with van der Waals surface area (Å²) >= 11 is 0. The summed E-state index contributed by atoms with van der Waals surface area (Å²) in [6.07, 6.45) is 0.695. The van der Waals surface area contributed by atoms with Gasteiger partial charge in [-0.3, -0.25) is 14.4 Å². The Labute approximate surface area is 149 Å². The molecule has 26 heavy (non-hydrogen) atoms. The second kappa shape index (κ2) is 9.12. The molecule has 2 rings (SSSR count). The van der Waals surface area contributed by atoms with Crippen LogP contribution in [0.2, 0.25) is 0 Å². The Bertz CT molecular complexity index is 813. The number of Topliss-reactive ketones (excluding diaryl/α,β-unsaturated/α-hetero) is 1. The van der Waals surface area contributed by atoms with Gasteiger partial charge in [-0.15, -0.1) is 0 Å². The Morgan fingerprint density at radius 1 is 1.00 bits per heavy atom. The average molecular weight is 355 g/mol. The molecule has 7 nitrogen and oxygen atoms in total. The summed E-state index contributed by atoms with van der Waals surface area (Å²) in [7, 11) is 0. The van der Waals surface area contributed by atoms with E-state index in [0.29, 0.717) is 28.8 Å². The minimum Gasteiger partial charge on any atom is -0.482 e. The molecule has 0 fully saturated rings. The Morgan fingerprint density at radius 3 is 2.35 bits per heavy atom. The molecule has 0 bridgehead atoms. The van der Waals surface area contributed by atoms with Gasteiger partial charge < -0.3 is 14.8 Å². The zero-order chi connectivity index (χ0) is 18.9. The predicted octanol–water partition coefficient (Wildman–Crippen LogP) is 2.26. The van der Waals surface area contributed by atoms with Crippen LogP contribution < -0.4 is 10.1 Å². The van der Waals surface area contributed by atoms with Crippen LogP contribution in [0.25, 0.3) is 0 Å². The monoisotopic (exact) mass is 355 g/mol. The molecule has 0 heterocycles. The first-order chi connectivity index (χ1) is 12.5. The van der Waals surface area contributed by atoms with Crippen LogP contribution in [0, 0.1) is 0 Å². The highest BCUT2D eigenvalue weighted by atomic mass is 16.6. The van der Waals surface area contributed by atoms with Crippen molar-refractivity contribution in [1.82, 2.24) is 0 Å². The van der Waals surface area contributed by atoms with E-state index in [0.717, 1.165) is 0 Å². The highest BCUT2D eigenvalue weighted by Gasteiger charge is 2.12. The summed E-state index contributed by atoms with van der Waals surface area (Å²) in [5, 5.41) is 2.52. The van der Waals surface area contributed by atoms with E-state index in [9.17, 15) is 19.2 Å². The zero-order valence-corrected chi connectivity index (χ0v) is 14.1. The van der Waals surface area contributed by atoms with Gasteiger partial charge in [0.25, 0.3) is 5.91 Å². The molecule has 0 radical (unpaired) electrons. The van der Waals surface area contributed by atoms with E-state index in [4.69, 9.17) is 9.47 Å². The topological polar surface area (TPSA) is 98.8 Å². The second-order valence-electron chi connectivity index (χ2n) is 5.29. The molecular weight excluding hydrogens is 338 g/mol. The van der Waals surface area contributed by atoms with E-state index < -0.39 is 18.5 Å². The maximum absolute atomic E-state index is 11.9. The highest BCUT2D eigenvalue weighted by Crippen LogP contribution is 2.15. The number of esters is 1. The van der Waals surface area contributed by atoms with Gasteiger partial charge in [-0.25, -0.2) is 4.79 Å². The summed E-state index contributed by atoms with van der Waals surface area (Å²) in [6.45, 7) is 0.514. The van der Waals surface area contributed by atoms with Gasteiger partial charge in [0, 0.05) is 11.1 Å². The summed E-state index contributed by atoms with van der Waals surface area (Å²) in [5.74, 6) is -1.08. The van der Waals surface area contributed by atoms with Crippen LogP contribution in [0.4, 0.5) is 5.69 Å². The Hall–Kier alpha value is -3.48. The van der Waals surface area contributed by atoms with Crippen LogP contribution in [0.3, 0.4) is 0 Å². The van der Waals surface area contributed by atoms with Crippen LogP contribution in [0.15, 0.2) is 48.5 Å². The van der Waals surface area contributed by atoms with Gasteiger partial charge in [0.15, 0.2) is 19.0 Å². The number of aldehydes is 1. The maximum atomic E-state index is 11.9. The largest absolute Gasteiger partial charge is 0.482 e. The normalized spacial score (nSPS) is 9.88. The molecule has 0 saturated carbocycles. The number of benzene rings is 2. The van der Waals surface area contributed by atoms with Crippen LogP contribution in [0.1, 0.15) is 27.6 Å². The third kappa shape index (κ3) is 5.55. The van der Waals surface area contributed by atoms with Crippen LogP contribution >= 0.6 is 0 Å². The van der Waals surface area contributed by atoms with E-state index in [2.05, 4.69) is 5.32 Å². The average Bonchev–Trinajstić information content (AvgIpc) is 2.65. The lowest BCUT2D eigenvalue weighted by molar-refractivity contribution is -0.149. The zero-order valence-electron chi connectivity index (χ0n) is 14.1. The fraction of sp³-hybridized carbons (Fsp3) is 0.158. The number of ketones is 1. The van der Waals surface area contributed by atoms with Gasteiger partial charge in [0.05, 0.1) is 5.69 Å². The van der Waals surface area contributed by atoms with Gasteiger partial charge in [0.1, 0.15) is 12.0 Å². The van der Waals surface area contributed by atoms with Gasteiger partial charge in [0.2, 0.25) is 0 Å². The summed E-state index contributed by atoms with van der Waals surface area (Å²) in [5.41, 5.74) is 1.21. The van der Waals surface area contributed by atoms with Crippen molar-refractivity contribution in [2.45, 2.75) is 6.92 Å². The fourth-order valence-electron chi connectivity index (χ4n) is 2.06. The molecule has 0 spiro atoms. The first-order valence-corrected chi connectivity index (χ1v) is 7.73. The molecule has 0 unspecified atom stereocenters. The molecule has 7 heteroatoms. The van der Waals surface area contributed by atoms with Crippen molar-refractivity contribution in [3.05, 3.63) is 59.7 Å². The van der Waals surface area contributed by atoms with E-state index >= 15 is 0 Å². The third-order valence-electron chi connectivity index (χ3n) is 3.32. The first-order valence-electron chi connectivity index (χ1n) is 7.73. The van der Waals surface area contributed by atoms with Crippen molar-refractivity contribution in [3.63, 3.8) is 0 Å². The number of para-hydroxylation sites is 1. The molecule has 0 aliphatic heterocycles. The van der Waals surface area contributed by atoms with Crippen molar-refractivity contribution in [2.24, 2.45) is 0 Å². The number of hydrogen-bond donors (Lipinski definition) is 1. The lowest BCUT2D eigenvalue weighted by Gasteiger charge is -2.10. The molecule has 1 N–H and O–H groups in total. The molecular formula is C19H17NO6. The van der Waals surface area contributed by atoms with E-state index in [1.807, 2.05) is 0 Å². The molecule has 134 valence electrons. The predicted molar refractivity (Wildman–Crippen MR) is 93.4 cm³/mol. The number of hydrogen-bond acceptors (Lipinski definition) is 6. The van der Waals surface area contributed by atoms with Crippen molar-refractivity contribution >= 4 is 29.6 Å². The van der Waals surface area contributed by atoms with Crippen LogP contribution in [0.5, 0.6) is 5.75 Å². The van der Waals surface area contributed by atoms with Crippen LogP contribution in [-0.2, 0) is 14.3 Å². The number of ether oxygens (including phenoxy) is 2. The SMILES string of the molecule is CC(=O)c1ccccc1NC(=O)COC(=O)COc1ccc(C=O)cc1. The minimum absolute atomic E-state index is 0.188. The molecule has 0 aliphatic carbocycles. The molecule has 2 aromatic carbocycles. The summed E-state index contributed by atoms with van der Waals surface area (Å²) < 4.78 is 10.0. The van der Waals surface area contributed by atoms with Crippen molar-refractivity contribution in [1.29, 1.82) is 0 Å². The first kappa shape index (κ1) is 18.9. The number of carbonyl (C=O) groups is 4. The lowest BCUT2D eigenvalue weighted by Crippen LogP contribution is -2.24. The second-order valence-corrected chi connectivity index (χ2v) is 5.29. The van der Waals surface area contributed by atoms with E-state index in [-0.39, 0.29) is 12.4 Å². The molecule has 1 amide bonds. The number of anilines is 1. The third-order valence-corrected chi connectivity index (χ3v) is 3.32. The van der Waals surface area contributed by atoms with Gasteiger partial charge in [-0.05, 0) is 43.3 Å². The lowest BCUT2D eigenvalue weighted by atomic mass is 10.1. The maximum Gasteiger partial charge on any atom is 0.344 e. The summed E-state index contributed by atoms with van der Waals surface area (Å²) in [6, 6.07) is 12.7. The number of rotatable bonds is 8. The van der Waals surface area contributed by atoms with Crippen LogP contribution in [-0.4, -0.2) is 37.2 Å². The van der Waals surface area contributed by atoms with Crippen molar-refractivity contribution in [2.75, 3.05) is 18.5 Å². The Kier molecular flexibility index (Phi) is 6.61. The molecule has 0 saturated heterocycles. The number of amides is 1. The molecule has 0 aromatic heterocycles. The van der Waals surface area contributed by atoms with Gasteiger partial charge in [-0.1, -0.05) is 12.1 Å². The molecule has 0 atom stereocenters. The highest BCUT2D eigenvalue weighted by molar-refractivity contribution is 6.04. The van der Waals surface area contributed by atoms with E-state index in [1.165, 1.54) is 6.92 Å². The summed E-state index contributed by atoms with van der Waals surface area (Å²) in [4.78, 5) is 45.5. The van der Waals surface area contributed by atoms with Gasteiger partial charge in [-0.2, -0.15) is 0 Å². The Morgan fingerprint density at radius 2 is 1.69 bits per heavy atom. The van der Waals surface area contributed by atoms with Crippen molar-refractivity contribution in [3.8, 4) is 5.75 Å². The standard InChI is InChI=1S/C19H17NO6/c1-13(22)16-4-2-3-5-17(16)20-18(23)11-26-19(24)12-25-15-8-6-14(10-21)7-9-15/h2-10H,11-12H2,1H3,(H,20,23). The van der Waals surface area contributed by atoms with Gasteiger partial charge >= 0.3 is 5.97 Å². The fourth-order valence-corrected chi connectivity index (χ4v) is 2.06. The number of nitrogens with one attached hydrogen (secondary N) is 1. The van der Waals surface area contributed by atoms with E-state index in [1.54, 1.807) is 48.5 Å². The molecule has 0 aliphatic rings. The quantitative estimate of drug-likeness (QED) is 0.443. The minimum atomic E-state index is -0.723. The van der Waals surface area contributed by atoms with Crippen molar-refractivity contribution < 1.29 is 28.7 Å². The Balaban J connectivity index is 1.79. The smallest absolute Gasteiger partial charge is 0.344 e. The molecule has 2 aromatic rings. The number of carbonyl (C=O) groups excluding carboxylic acids is 4.